The Hall–Kier alpha value is -1.65. The van der Waals surface area contributed by atoms with E-state index >= 15 is 0 Å². The van der Waals surface area contributed by atoms with Crippen molar-refractivity contribution in [3.05, 3.63) is 64.7 Å². The maximum Gasteiger partial charge on any atom is 0.387 e. The van der Waals surface area contributed by atoms with Crippen LogP contribution in [0.5, 0.6) is 5.75 Å². The minimum absolute atomic E-state index is 0.0649. The maximum absolute atomic E-state index is 12.3. The van der Waals surface area contributed by atoms with E-state index in [4.69, 9.17) is 11.6 Å². The van der Waals surface area contributed by atoms with Gasteiger partial charge in [-0.1, -0.05) is 48.0 Å². The summed E-state index contributed by atoms with van der Waals surface area (Å²) in [6.45, 7) is -2.94. The summed E-state index contributed by atoms with van der Waals surface area (Å²) in [7, 11) is 0. The second-order valence-corrected chi connectivity index (χ2v) is 4.25. The number of benzene rings is 2. The molecule has 0 aliphatic rings. The van der Waals surface area contributed by atoms with Gasteiger partial charge in [0.05, 0.1) is 0 Å². The van der Waals surface area contributed by atoms with Crippen molar-refractivity contribution in [3.8, 4) is 5.75 Å². The number of hydrogen-bond donors (Lipinski definition) is 1. The molecule has 0 amide bonds. The van der Waals surface area contributed by atoms with E-state index in [9.17, 15) is 13.9 Å². The molecule has 1 unspecified atom stereocenters. The van der Waals surface area contributed by atoms with Gasteiger partial charge in [0.1, 0.15) is 11.9 Å². The molecular weight excluding hydrogens is 274 g/mol. The first-order valence-corrected chi connectivity index (χ1v) is 5.93. The van der Waals surface area contributed by atoms with Crippen molar-refractivity contribution in [1.29, 1.82) is 0 Å². The number of alkyl halides is 2. The summed E-state index contributed by atoms with van der Waals surface area (Å²) >= 11 is 5.98. The fourth-order valence-corrected chi connectivity index (χ4v) is 2.01. The van der Waals surface area contributed by atoms with Crippen molar-refractivity contribution >= 4 is 11.6 Å². The van der Waals surface area contributed by atoms with Crippen LogP contribution in [0, 0.1) is 0 Å². The molecule has 2 nitrogen and oxygen atoms in total. The van der Waals surface area contributed by atoms with Crippen molar-refractivity contribution in [2.24, 2.45) is 0 Å². The Morgan fingerprint density at radius 3 is 2.16 bits per heavy atom. The molecule has 0 aliphatic heterocycles. The number of aliphatic hydroxyl groups is 1. The molecule has 5 heteroatoms. The topological polar surface area (TPSA) is 29.5 Å². The minimum Gasteiger partial charge on any atom is -0.434 e. The van der Waals surface area contributed by atoms with Crippen LogP contribution in [0.15, 0.2) is 48.5 Å². The van der Waals surface area contributed by atoms with Gasteiger partial charge in [-0.05, 0) is 12.1 Å². The lowest BCUT2D eigenvalue weighted by Crippen LogP contribution is -2.08. The molecule has 0 bridgehead atoms. The summed E-state index contributed by atoms with van der Waals surface area (Å²) in [5.74, 6) is -0.0649. The van der Waals surface area contributed by atoms with Crippen LogP contribution < -0.4 is 4.74 Å². The highest BCUT2D eigenvalue weighted by Crippen LogP contribution is 2.33. The highest BCUT2D eigenvalue weighted by atomic mass is 35.5. The van der Waals surface area contributed by atoms with Crippen molar-refractivity contribution < 1.29 is 18.6 Å². The monoisotopic (exact) mass is 284 g/mol. The van der Waals surface area contributed by atoms with Crippen molar-refractivity contribution in [1.82, 2.24) is 0 Å². The minimum atomic E-state index is -2.94. The number of ether oxygens (including phenoxy) is 1. The van der Waals surface area contributed by atoms with Gasteiger partial charge in [0.2, 0.25) is 0 Å². The fourth-order valence-electron chi connectivity index (χ4n) is 1.77. The van der Waals surface area contributed by atoms with Crippen molar-refractivity contribution in [2.75, 3.05) is 0 Å². The van der Waals surface area contributed by atoms with Gasteiger partial charge in [-0.2, -0.15) is 8.78 Å². The van der Waals surface area contributed by atoms with E-state index in [0.29, 0.717) is 10.6 Å². The normalized spacial score (nSPS) is 12.5. The third-order valence-electron chi connectivity index (χ3n) is 2.63. The average molecular weight is 285 g/mol. The molecule has 0 aromatic heterocycles. The molecular formula is C14H11ClF2O2. The molecule has 0 saturated carbocycles. The van der Waals surface area contributed by atoms with Gasteiger partial charge in [0.15, 0.2) is 0 Å². The van der Waals surface area contributed by atoms with Gasteiger partial charge >= 0.3 is 6.61 Å². The molecule has 0 saturated heterocycles. The highest BCUT2D eigenvalue weighted by Gasteiger charge is 2.19. The number of para-hydroxylation sites is 1. The van der Waals surface area contributed by atoms with Gasteiger partial charge in [-0.3, -0.25) is 0 Å². The van der Waals surface area contributed by atoms with E-state index in [-0.39, 0.29) is 11.3 Å². The zero-order valence-corrected chi connectivity index (χ0v) is 10.5. The Morgan fingerprint density at radius 2 is 1.53 bits per heavy atom. The molecule has 100 valence electrons. The molecule has 2 rings (SSSR count). The van der Waals surface area contributed by atoms with E-state index < -0.39 is 12.7 Å². The molecule has 2 aromatic carbocycles. The predicted molar refractivity (Wildman–Crippen MR) is 68.6 cm³/mol. The van der Waals surface area contributed by atoms with Crippen molar-refractivity contribution in [2.45, 2.75) is 12.7 Å². The lowest BCUT2D eigenvalue weighted by atomic mass is 10.0. The van der Waals surface area contributed by atoms with Crippen molar-refractivity contribution in [3.63, 3.8) is 0 Å². The van der Waals surface area contributed by atoms with Crippen LogP contribution >= 0.6 is 11.6 Å². The quantitative estimate of drug-likeness (QED) is 0.919. The standard InChI is InChI=1S/C14H11ClF2O2/c15-11-7-3-1-5-9(11)13(18)10-6-2-4-8-12(10)19-14(16)17/h1-8,13-14,18H. The van der Waals surface area contributed by atoms with Gasteiger partial charge in [-0.25, -0.2) is 0 Å². The second-order valence-electron chi connectivity index (χ2n) is 3.84. The van der Waals surface area contributed by atoms with E-state index in [2.05, 4.69) is 4.74 Å². The zero-order chi connectivity index (χ0) is 13.8. The van der Waals surface area contributed by atoms with Gasteiger partial charge < -0.3 is 9.84 Å². The van der Waals surface area contributed by atoms with Crippen LogP contribution in [0.4, 0.5) is 8.78 Å². The summed E-state index contributed by atoms with van der Waals surface area (Å²) in [5, 5.41) is 10.6. The Kier molecular flexibility index (Phi) is 4.35. The zero-order valence-electron chi connectivity index (χ0n) is 9.76. The Balaban J connectivity index is 2.39. The summed E-state index contributed by atoms with van der Waals surface area (Å²) < 4.78 is 29.0. The third-order valence-corrected chi connectivity index (χ3v) is 2.97. The molecule has 19 heavy (non-hydrogen) atoms. The number of halogens is 3. The summed E-state index contributed by atoms with van der Waals surface area (Å²) in [6.07, 6.45) is -1.12. The summed E-state index contributed by atoms with van der Waals surface area (Å²) in [4.78, 5) is 0. The van der Waals surface area contributed by atoms with Crippen LogP contribution in [0.1, 0.15) is 17.2 Å². The van der Waals surface area contributed by atoms with E-state index in [1.54, 1.807) is 36.4 Å². The molecule has 0 aliphatic carbocycles. The maximum atomic E-state index is 12.3. The Morgan fingerprint density at radius 1 is 0.947 bits per heavy atom. The number of hydrogen-bond acceptors (Lipinski definition) is 2. The molecule has 0 spiro atoms. The third kappa shape index (κ3) is 3.22. The Bertz CT molecular complexity index is 561. The molecule has 0 heterocycles. The molecule has 2 aromatic rings. The van der Waals surface area contributed by atoms with Gasteiger partial charge in [-0.15, -0.1) is 0 Å². The first kappa shape index (κ1) is 13.8. The fraction of sp³-hybridized carbons (Fsp3) is 0.143. The second kappa shape index (κ2) is 5.99. The smallest absolute Gasteiger partial charge is 0.387 e. The van der Waals surface area contributed by atoms with Crippen LogP contribution in [0.3, 0.4) is 0 Å². The largest absolute Gasteiger partial charge is 0.434 e. The first-order valence-electron chi connectivity index (χ1n) is 5.56. The first-order chi connectivity index (χ1) is 9.09. The Labute approximate surface area is 114 Å². The SMILES string of the molecule is OC(c1ccccc1Cl)c1ccccc1OC(F)F. The van der Waals surface area contributed by atoms with Crippen LogP contribution in [-0.4, -0.2) is 11.7 Å². The number of aliphatic hydroxyl groups excluding tert-OH is 1. The summed E-state index contributed by atoms with van der Waals surface area (Å²) in [6, 6.07) is 12.8. The van der Waals surface area contributed by atoms with Crippen LogP contribution in [0.2, 0.25) is 5.02 Å². The van der Waals surface area contributed by atoms with Crippen LogP contribution in [0.25, 0.3) is 0 Å². The molecule has 0 radical (unpaired) electrons. The average Bonchev–Trinajstić information content (AvgIpc) is 2.38. The lowest BCUT2D eigenvalue weighted by Gasteiger charge is -2.17. The highest BCUT2D eigenvalue weighted by molar-refractivity contribution is 6.31. The van der Waals surface area contributed by atoms with Crippen LogP contribution in [-0.2, 0) is 0 Å². The van der Waals surface area contributed by atoms with E-state index in [0.717, 1.165) is 0 Å². The van der Waals surface area contributed by atoms with E-state index in [1.165, 1.54) is 12.1 Å². The van der Waals surface area contributed by atoms with E-state index in [1.807, 2.05) is 0 Å². The molecule has 0 fully saturated rings. The molecule has 1 N–H and O–H groups in total. The number of rotatable bonds is 4. The summed E-state index contributed by atoms with van der Waals surface area (Å²) in [5.41, 5.74) is 0.686. The van der Waals surface area contributed by atoms with Gasteiger partial charge in [0, 0.05) is 16.1 Å². The predicted octanol–water partition coefficient (Wildman–Crippen LogP) is 4.02. The van der Waals surface area contributed by atoms with Gasteiger partial charge in [0.25, 0.3) is 0 Å². The lowest BCUT2D eigenvalue weighted by molar-refractivity contribution is -0.0512. The molecule has 1 atom stereocenters.